The van der Waals surface area contributed by atoms with Crippen molar-refractivity contribution in [3.05, 3.63) is 75.9 Å². The van der Waals surface area contributed by atoms with Crippen molar-refractivity contribution in [1.82, 2.24) is 15.1 Å². The molecule has 0 bridgehead atoms. The molecule has 0 fully saturated rings. The van der Waals surface area contributed by atoms with Crippen molar-refractivity contribution < 1.29 is 32.3 Å². The second kappa shape index (κ2) is 10.0. The van der Waals surface area contributed by atoms with Crippen molar-refractivity contribution in [3.8, 4) is 0 Å². The Labute approximate surface area is 197 Å². The summed E-state index contributed by atoms with van der Waals surface area (Å²) < 4.78 is 56.5. The Balaban J connectivity index is 1.90. The molecule has 34 heavy (non-hydrogen) atoms. The van der Waals surface area contributed by atoms with E-state index in [2.05, 4.69) is 10.4 Å². The first-order valence-corrected chi connectivity index (χ1v) is 10.8. The summed E-state index contributed by atoms with van der Waals surface area (Å²) in [5.74, 6) is -3.73. The topological polar surface area (TPSA) is 84.2 Å². The van der Waals surface area contributed by atoms with E-state index in [-0.39, 0.29) is 30.0 Å². The molecule has 2 aromatic rings. The van der Waals surface area contributed by atoms with Gasteiger partial charge in [-0.2, -0.15) is 18.3 Å². The van der Waals surface area contributed by atoms with Gasteiger partial charge in [-0.3, -0.25) is 9.48 Å². The Morgan fingerprint density at radius 3 is 2.41 bits per heavy atom. The van der Waals surface area contributed by atoms with Crippen LogP contribution in [0, 0.1) is 5.92 Å². The van der Waals surface area contributed by atoms with E-state index >= 15 is 0 Å². The van der Waals surface area contributed by atoms with E-state index in [4.69, 9.17) is 16.7 Å². The molecule has 3 rings (SSSR count). The number of aliphatic carboxylic acids is 1. The van der Waals surface area contributed by atoms with E-state index < -0.39 is 47.1 Å². The van der Waals surface area contributed by atoms with Crippen LogP contribution in [0.3, 0.4) is 0 Å². The number of benzene rings is 1. The van der Waals surface area contributed by atoms with Crippen molar-refractivity contribution >= 4 is 23.5 Å². The molecule has 2 atom stereocenters. The zero-order chi connectivity index (χ0) is 25.2. The minimum Gasteiger partial charge on any atom is -0.478 e. The summed E-state index contributed by atoms with van der Waals surface area (Å²) in [4.78, 5) is 24.1. The van der Waals surface area contributed by atoms with Gasteiger partial charge in [-0.1, -0.05) is 30.3 Å². The average molecular weight is 500 g/mol. The number of halogens is 5. The van der Waals surface area contributed by atoms with E-state index in [0.29, 0.717) is 10.2 Å². The molecular weight excluding hydrogens is 478 g/mol. The van der Waals surface area contributed by atoms with Gasteiger partial charge in [-0.05, 0) is 30.5 Å². The third-order valence-electron chi connectivity index (χ3n) is 5.61. The molecule has 6 nitrogen and oxygen atoms in total. The molecule has 1 aliphatic carbocycles. The summed E-state index contributed by atoms with van der Waals surface area (Å²) in [5, 5.41) is 15.4. The van der Waals surface area contributed by atoms with E-state index in [1.807, 2.05) is 0 Å². The summed E-state index contributed by atoms with van der Waals surface area (Å²) in [7, 11) is 1.10. The molecule has 0 aliphatic heterocycles. The Kier molecular flexibility index (Phi) is 7.50. The monoisotopic (exact) mass is 499 g/mol. The lowest BCUT2D eigenvalue weighted by atomic mass is 9.89. The number of rotatable bonds is 7. The Bertz CT molecular complexity index is 1150. The van der Waals surface area contributed by atoms with Crippen molar-refractivity contribution in [2.75, 3.05) is 0 Å². The number of carbonyl (C=O) groups is 2. The number of amides is 1. The van der Waals surface area contributed by atoms with Crippen LogP contribution < -0.4 is 5.32 Å². The first kappa shape index (κ1) is 25.5. The summed E-state index contributed by atoms with van der Waals surface area (Å²) >= 11 is 5.77. The van der Waals surface area contributed by atoms with Gasteiger partial charge < -0.3 is 10.4 Å². The second-order valence-electron chi connectivity index (χ2n) is 8.02. The van der Waals surface area contributed by atoms with Crippen molar-refractivity contribution in [2.45, 2.75) is 37.9 Å². The predicted octanol–water partition coefficient (Wildman–Crippen LogP) is 4.77. The van der Waals surface area contributed by atoms with Gasteiger partial charge in [0.15, 0.2) is 5.69 Å². The van der Waals surface area contributed by atoms with Crippen LogP contribution in [0.25, 0.3) is 0 Å². The molecule has 0 saturated heterocycles. The first-order valence-electron chi connectivity index (χ1n) is 10.3. The Morgan fingerprint density at radius 1 is 1.26 bits per heavy atom. The fourth-order valence-electron chi connectivity index (χ4n) is 3.86. The summed E-state index contributed by atoms with van der Waals surface area (Å²) in [6, 6.07) is 5.94. The van der Waals surface area contributed by atoms with Crippen molar-refractivity contribution in [1.29, 1.82) is 0 Å². The van der Waals surface area contributed by atoms with Crippen LogP contribution in [0.15, 0.2) is 47.8 Å². The summed E-state index contributed by atoms with van der Waals surface area (Å²) in [6.45, 7) is 1.45. The maximum Gasteiger partial charge on any atom is 0.433 e. The Hall–Kier alpha value is -3.14. The minimum absolute atomic E-state index is 0.0235. The Morgan fingerprint density at radius 2 is 1.88 bits per heavy atom. The highest BCUT2D eigenvalue weighted by Crippen LogP contribution is 2.34. The molecule has 0 saturated carbocycles. The molecule has 11 heteroatoms. The molecular formula is C23H22ClF4N3O3. The predicted molar refractivity (Wildman–Crippen MR) is 117 cm³/mol. The molecule has 1 aliphatic rings. The largest absolute Gasteiger partial charge is 0.478 e. The van der Waals surface area contributed by atoms with Crippen LogP contribution in [0.4, 0.5) is 17.6 Å². The van der Waals surface area contributed by atoms with E-state index in [9.17, 15) is 27.2 Å². The van der Waals surface area contributed by atoms with E-state index in [1.165, 1.54) is 13.0 Å². The highest BCUT2D eigenvalue weighted by molar-refractivity contribution is 6.17. The normalized spacial score (nSPS) is 17.1. The number of nitrogens with one attached hydrogen (secondary N) is 1. The lowest BCUT2D eigenvalue weighted by Gasteiger charge is -2.25. The van der Waals surface area contributed by atoms with Crippen molar-refractivity contribution in [2.24, 2.45) is 13.0 Å². The standard InChI is InChI=1S/C23H22ClF4N3O3/c1-12(16-8-7-15(22(33)34)10-17(16)25)29-21(32)19-18(30-31(2)20(19)23(26,27)28)9-13-3-5-14(11-24)6-4-13/h3-7,10,12,16H,8-9,11H2,1-2H3,(H,29,32)(H,33,34). The van der Waals surface area contributed by atoms with Crippen LogP contribution in [-0.4, -0.2) is 32.8 Å². The first-order chi connectivity index (χ1) is 15.9. The number of allylic oxidation sites excluding steroid dienone is 1. The number of carboxylic acids is 1. The zero-order valence-corrected chi connectivity index (χ0v) is 19.0. The van der Waals surface area contributed by atoms with Gasteiger partial charge >= 0.3 is 12.1 Å². The quantitative estimate of drug-likeness (QED) is 0.424. The number of hydrogen-bond donors (Lipinski definition) is 2. The van der Waals surface area contributed by atoms with Gasteiger partial charge in [-0.25, -0.2) is 9.18 Å². The fraction of sp³-hybridized carbons (Fsp3) is 0.348. The SMILES string of the molecule is CC(NC(=O)c1c(Cc2ccc(CCl)cc2)nn(C)c1C(F)(F)F)C1CC=C(C(=O)O)C=C1F. The number of nitrogens with zero attached hydrogens (tertiary/aromatic N) is 2. The number of aromatic nitrogens is 2. The zero-order valence-electron chi connectivity index (χ0n) is 18.3. The number of carbonyl (C=O) groups excluding carboxylic acids is 1. The lowest BCUT2D eigenvalue weighted by molar-refractivity contribution is -0.144. The molecule has 0 spiro atoms. The van der Waals surface area contributed by atoms with Gasteiger partial charge in [0, 0.05) is 31.3 Å². The van der Waals surface area contributed by atoms with Crippen LogP contribution in [0.2, 0.25) is 0 Å². The van der Waals surface area contributed by atoms with E-state index in [0.717, 1.165) is 18.7 Å². The minimum atomic E-state index is -4.85. The number of hydrogen-bond acceptors (Lipinski definition) is 3. The smallest absolute Gasteiger partial charge is 0.433 e. The summed E-state index contributed by atoms with van der Waals surface area (Å²) in [5.41, 5.74) is -0.679. The molecule has 1 aromatic heterocycles. The summed E-state index contributed by atoms with van der Waals surface area (Å²) in [6.07, 6.45) is -2.76. The highest BCUT2D eigenvalue weighted by atomic mass is 35.5. The van der Waals surface area contributed by atoms with Crippen molar-refractivity contribution in [3.63, 3.8) is 0 Å². The molecule has 1 heterocycles. The highest BCUT2D eigenvalue weighted by Gasteiger charge is 2.42. The second-order valence-corrected chi connectivity index (χ2v) is 8.28. The fourth-order valence-corrected chi connectivity index (χ4v) is 4.04. The van der Waals surface area contributed by atoms with E-state index in [1.54, 1.807) is 24.3 Å². The third kappa shape index (κ3) is 5.49. The molecule has 182 valence electrons. The maximum absolute atomic E-state index is 14.5. The van der Waals surface area contributed by atoms with Crippen LogP contribution >= 0.6 is 11.6 Å². The molecule has 0 radical (unpaired) electrons. The van der Waals surface area contributed by atoms with Gasteiger partial charge in [0.2, 0.25) is 0 Å². The van der Waals surface area contributed by atoms with Gasteiger partial charge in [0.25, 0.3) is 5.91 Å². The third-order valence-corrected chi connectivity index (χ3v) is 5.92. The van der Waals surface area contributed by atoms with Gasteiger partial charge in [0.05, 0.1) is 16.8 Å². The number of alkyl halides is 4. The van der Waals surface area contributed by atoms with Gasteiger partial charge in [0.1, 0.15) is 5.83 Å². The molecule has 2 N–H and O–H groups in total. The molecule has 1 amide bonds. The van der Waals surface area contributed by atoms with Crippen LogP contribution in [0.5, 0.6) is 0 Å². The average Bonchev–Trinajstić information content (AvgIpc) is 3.10. The maximum atomic E-state index is 14.5. The number of carboxylic acid groups (broad SMARTS) is 1. The van der Waals surface area contributed by atoms with Crippen LogP contribution in [0.1, 0.15) is 46.2 Å². The van der Waals surface area contributed by atoms with Crippen LogP contribution in [-0.2, 0) is 30.3 Å². The number of aryl methyl sites for hydroxylation is 1. The van der Waals surface area contributed by atoms with Gasteiger partial charge in [-0.15, -0.1) is 11.6 Å². The molecule has 1 aromatic carbocycles. The lowest BCUT2D eigenvalue weighted by Crippen LogP contribution is -2.40. The molecule has 2 unspecified atom stereocenters.